The van der Waals surface area contributed by atoms with E-state index >= 15 is 0 Å². The molecule has 1 fully saturated rings. The fraction of sp³-hybridized carbons (Fsp3) is 0.600. The molecule has 18 heavy (non-hydrogen) atoms. The van der Waals surface area contributed by atoms with Crippen LogP contribution >= 0.6 is 15.9 Å². The standard InChI is InChI=1S/C15H22BrNO/c1-2-11-17-12-10-15(8-3-9-15)18-14-6-4-13(16)5-7-14/h4-7,17H,2-3,8-12H2,1H3. The number of nitrogens with one attached hydrogen (secondary N) is 1. The molecule has 0 aliphatic heterocycles. The number of halogens is 1. The third-order valence-electron chi connectivity index (χ3n) is 3.60. The summed E-state index contributed by atoms with van der Waals surface area (Å²) in [6, 6.07) is 8.17. The molecule has 0 bridgehead atoms. The van der Waals surface area contributed by atoms with Crippen molar-refractivity contribution in [3.05, 3.63) is 28.7 Å². The molecule has 0 amide bonds. The van der Waals surface area contributed by atoms with E-state index in [1.807, 2.05) is 24.3 Å². The van der Waals surface area contributed by atoms with E-state index in [-0.39, 0.29) is 5.60 Å². The van der Waals surface area contributed by atoms with Gasteiger partial charge in [0.15, 0.2) is 0 Å². The Morgan fingerprint density at radius 3 is 2.50 bits per heavy atom. The van der Waals surface area contributed by atoms with Crippen molar-refractivity contribution >= 4 is 15.9 Å². The van der Waals surface area contributed by atoms with E-state index in [2.05, 4.69) is 28.2 Å². The van der Waals surface area contributed by atoms with Crippen LogP contribution in [-0.2, 0) is 0 Å². The molecule has 1 aromatic rings. The van der Waals surface area contributed by atoms with Crippen molar-refractivity contribution in [2.24, 2.45) is 0 Å². The lowest BCUT2D eigenvalue weighted by atomic mass is 9.77. The van der Waals surface area contributed by atoms with Gasteiger partial charge in [-0.2, -0.15) is 0 Å². The zero-order chi connectivity index (χ0) is 12.8. The first-order valence-electron chi connectivity index (χ1n) is 6.89. The molecule has 1 aromatic carbocycles. The van der Waals surface area contributed by atoms with Gasteiger partial charge in [0.2, 0.25) is 0 Å². The van der Waals surface area contributed by atoms with Crippen LogP contribution in [0, 0.1) is 0 Å². The second-order valence-electron chi connectivity index (χ2n) is 5.09. The van der Waals surface area contributed by atoms with Crippen LogP contribution in [0.3, 0.4) is 0 Å². The third-order valence-corrected chi connectivity index (χ3v) is 4.13. The maximum atomic E-state index is 6.21. The Morgan fingerprint density at radius 2 is 1.94 bits per heavy atom. The van der Waals surface area contributed by atoms with Gasteiger partial charge in [0.25, 0.3) is 0 Å². The first kappa shape index (κ1) is 13.9. The van der Waals surface area contributed by atoms with Gasteiger partial charge in [-0.15, -0.1) is 0 Å². The zero-order valence-electron chi connectivity index (χ0n) is 11.0. The highest BCUT2D eigenvalue weighted by atomic mass is 79.9. The summed E-state index contributed by atoms with van der Waals surface area (Å²) in [4.78, 5) is 0. The number of rotatable bonds is 7. The molecule has 2 nitrogen and oxygen atoms in total. The molecule has 0 heterocycles. The first-order chi connectivity index (χ1) is 8.74. The molecule has 0 spiro atoms. The van der Waals surface area contributed by atoms with Crippen LogP contribution in [-0.4, -0.2) is 18.7 Å². The summed E-state index contributed by atoms with van der Waals surface area (Å²) < 4.78 is 7.31. The summed E-state index contributed by atoms with van der Waals surface area (Å²) in [5, 5.41) is 3.47. The Balaban J connectivity index is 1.85. The normalized spacial score (nSPS) is 17.2. The highest BCUT2D eigenvalue weighted by Gasteiger charge is 2.38. The lowest BCUT2D eigenvalue weighted by Crippen LogP contribution is -2.45. The van der Waals surface area contributed by atoms with Crippen LogP contribution in [0.1, 0.15) is 39.0 Å². The molecule has 0 atom stereocenters. The van der Waals surface area contributed by atoms with Crippen LogP contribution in [0.25, 0.3) is 0 Å². The number of benzene rings is 1. The summed E-state index contributed by atoms with van der Waals surface area (Å²) in [7, 11) is 0. The molecule has 1 aliphatic carbocycles. The monoisotopic (exact) mass is 311 g/mol. The van der Waals surface area contributed by atoms with Crippen molar-refractivity contribution in [1.29, 1.82) is 0 Å². The zero-order valence-corrected chi connectivity index (χ0v) is 12.6. The largest absolute Gasteiger partial charge is 0.487 e. The van der Waals surface area contributed by atoms with E-state index in [4.69, 9.17) is 4.74 Å². The van der Waals surface area contributed by atoms with E-state index in [1.54, 1.807) is 0 Å². The molecule has 2 rings (SSSR count). The summed E-state index contributed by atoms with van der Waals surface area (Å²) >= 11 is 3.45. The van der Waals surface area contributed by atoms with Gasteiger partial charge in [-0.05, 0) is 69.5 Å². The average Bonchev–Trinajstić information content (AvgIpc) is 2.34. The van der Waals surface area contributed by atoms with Gasteiger partial charge >= 0.3 is 0 Å². The van der Waals surface area contributed by atoms with Crippen LogP contribution < -0.4 is 10.1 Å². The number of hydrogen-bond donors (Lipinski definition) is 1. The molecular weight excluding hydrogens is 290 g/mol. The van der Waals surface area contributed by atoms with Gasteiger partial charge in [0, 0.05) is 4.47 Å². The first-order valence-corrected chi connectivity index (χ1v) is 7.69. The Kier molecular flexibility index (Phi) is 5.07. The quantitative estimate of drug-likeness (QED) is 0.764. The molecule has 0 unspecified atom stereocenters. The summed E-state index contributed by atoms with van der Waals surface area (Å²) in [6.07, 6.45) is 5.99. The van der Waals surface area contributed by atoms with Crippen molar-refractivity contribution in [3.8, 4) is 5.75 Å². The minimum absolute atomic E-state index is 0.0918. The second-order valence-corrected chi connectivity index (χ2v) is 6.01. The SMILES string of the molecule is CCCNCCC1(Oc2ccc(Br)cc2)CCC1. The lowest BCUT2D eigenvalue weighted by Gasteiger charge is -2.42. The maximum absolute atomic E-state index is 6.21. The van der Waals surface area contributed by atoms with Crippen molar-refractivity contribution in [2.75, 3.05) is 13.1 Å². The van der Waals surface area contributed by atoms with Crippen LogP contribution in [0.4, 0.5) is 0 Å². The van der Waals surface area contributed by atoms with Crippen molar-refractivity contribution in [3.63, 3.8) is 0 Å². The van der Waals surface area contributed by atoms with E-state index in [9.17, 15) is 0 Å². The van der Waals surface area contributed by atoms with Gasteiger partial charge in [-0.1, -0.05) is 22.9 Å². The fourth-order valence-corrected chi connectivity index (χ4v) is 2.61. The minimum Gasteiger partial charge on any atom is -0.487 e. The van der Waals surface area contributed by atoms with Crippen molar-refractivity contribution in [1.82, 2.24) is 5.32 Å². The van der Waals surface area contributed by atoms with Crippen LogP contribution in [0.2, 0.25) is 0 Å². The van der Waals surface area contributed by atoms with Crippen LogP contribution in [0.5, 0.6) is 5.75 Å². The van der Waals surface area contributed by atoms with E-state index < -0.39 is 0 Å². The molecule has 0 aromatic heterocycles. The Labute approximate surface area is 118 Å². The van der Waals surface area contributed by atoms with E-state index in [1.165, 1.54) is 25.7 Å². The fourth-order valence-electron chi connectivity index (χ4n) is 2.34. The van der Waals surface area contributed by atoms with Crippen molar-refractivity contribution < 1.29 is 4.74 Å². The lowest BCUT2D eigenvalue weighted by molar-refractivity contribution is -0.0142. The number of hydrogen-bond acceptors (Lipinski definition) is 2. The molecule has 3 heteroatoms. The smallest absolute Gasteiger partial charge is 0.120 e. The molecule has 1 aliphatic rings. The Hall–Kier alpha value is -0.540. The molecule has 1 saturated carbocycles. The highest BCUT2D eigenvalue weighted by Crippen LogP contribution is 2.39. The van der Waals surface area contributed by atoms with Gasteiger partial charge in [-0.25, -0.2) is 0 Å². The van der Waals surface area contributed by atoms with Gasteiger partial charge in [0.1, 0.15) is 11.4 Å². The topological polar surface area (TPSA) is 21.3 Å². The summed E-state index contributed by atoms with van der Waals surface area (Å²) in [5.41, 5.74) is 0.0918. The van der Waals surface area contributed by atoms with Gasteiger partial charge < -0.3 is 10.1 Å². The molecule has 100 valence electrons. The molecular formula is C15H22BrNO. The Bertz CT molecular complexity index is 359. The number of ether oxygens (including phenoxy) is 1. The van der Waals surface area contributed by atoms with E-state index in [0.717, 1.165) is 29.7 Å². The predicted octanol–water partition coefficient (Wildman–Crippen LogP) is 4.14. The summed E-state index contributed by atoms with van der Waals surface area (Å²) in [5.74, 6) is 0.994. The van der Waals surface area contributed by atoms with Crippen molar-refractivity contribution in [2.45, 2.75) is 44.6 Å². The maximum Gasteiger partial charge on any atom is 0.120 e. The highest BCUT2D eigenvalue weighted by molar-refractivity contribution is 9.10. The molecule has 0 saturated heterocycles. The second kappa shape index (κ2) is 6.58. The average molecular weight is 312 g/mol. The Morgan fingerprint density at radius 1 is 1.22 bits per heavy atom. The predicted molar refractivity (Wildman–Crippen MR) is 79.1 cm³/mol. The molecule has 0 radical (unpaired) electrons. The third kappa shape index (κ3) is 3.72. The van der Waals surface area contributed by atoms with Gasteiger partial charge in [0.05, 0.1) is 0 Å². The minimum atomic E-state index is 0.0918. The van der Waals surface area contributed by atoms with E-state index in [0.29, 0.717) is 0 Å². The summed E-state index contributed by atoms with van der Waals surface area (Å²) in [6.45, 7) is 4.36. The molecule has 1 N–H and O–H groups in total. The van der Waals surface area contributed by atoms with Gasteiger partial charge in [-0.3, -0.25) is 0 Å². The van der Waals surface area contributed by atoms with Crippen LogP contribution in [0.15, 0.2) is 28.7 Å².